The normalized spacial score (nSPS) is 13.5. The van der Waals surface area contributed by atoms with Gasteiger partial charge in [0.15, 0.2) is 0 Å². The van der Waals surface area contributed by atoms with Crippen LogP contribution in [0, 0.1) is 0 Å². The van der Waals surface area contributed by atoms with Crippen LogP contribution in [0.5, 0.6) is 0 Å². The second-order valence-corrected chi connectivity index (χ2v) is 6.66. The molecule has 19 heavy (non-hydrogen) atoms. The first-order valence-electron chi connectivity index (χ1n) is 6.88. The van der Waals surface area contributed by atoms with Crippen LogP contribution in [0.3, 0.4) is 0 Å². The van der Waals surface area contributed by atoms with Gasteiger partial charge in [-0.15, -0.1) is 0 Å². The highest BCUT2D eigenvalue weighted by Gasteiger charge is 2.15. The summed E-state index contributed by atoms with van der Waals surface area (Å²) in [4.78, 5) is 4.43. The fourth-order valence-electron chi connectivity index (χ4n) is 1.67. The van der Waals surface area contributed by atoms with Crippen molar-refractivity contribution in [2.45, 2.75) is 52.2 Å². The van der Waals surface area contributed by atoms with Gasteiger partial charge in [-0.3, -0.25) is 4.98 Å². The number of nitrogens with one attached hydrogen (secondary N) is 1. The van der Waals surface area contributed by atoms with Crippen LogP contribution in [0.2, 0.25) is 0 Å². The van der Waals surface area contributed by atoms with Crippen molar-refractivity contribution in [3.8, 4) is 0 Å². The first kappa shape index (κ1) is 16.6. The van der Waals surface area contributed by atoms with Gasteiger partial charge in [-0.05, 0) is 61.8 Å². The summed E-state index contributed by atoms with van der Waals surface area (Å²) in [6, 6.07) is 4.40. The molecule has 1 heterocycles. The van der Waals surface area contributed by atoms with Crippen LogP contribution in [0.15, 0.2) is 22.8 Å². The van der Waals surface area contributed by atoms with Crippen molar-refractivity contribution >= 4 is 15.9 Å². The number of aromatic nitrogens is 1. The summed E-state index contributed by atoms with van der Waals surface area (Å²) in [7, 11) is 0. The lowest BCUT2D eigenvalue weighted by atomic mass is 10.1. The molecule has 1 atom stereocenters. The molecule has 0 bridgehead atoms. The average molecular weight is 329 g/mol. The molecule has 0 spiro atoms. The predicted molar refractivity (Wildman–Crippen MR) is 83.4 cm³/mol. The fourth-order valence-corrected chi connectivity index (χ4v) is 1.90. The second-order valence-electron chi connectivity index (χ2n) is 5.75. The lowest BCUT2D eigenvalue weighted by Gasteiger charge is -2.25. The molecule has 0 fully saturated rings. The molecule has 1 aromatic heterocycles. The Hall–Kier alpha value is -0.450. The second kappa shape index (κ2) is 7.98. The molecule has 0 aliphatic heterocycles. The molecule has 0 aromatic carbocycles. The van der Waals surface area contributed by atoms with E-state index in [1.165, 1.54) is 0 Å². The summed E-state index contributed by atoms with van der Waals surface area (Å²) in [6.45, 7) is 10.1. The number of ether oxygens (including phenoxy) is 1. The van der Waals surface area contributed by atoms with E-state index in [-0.39, 0.29) is 5.60 Å². The van der Waals surface area contributed by atoms with Gasteiger partial charge in [0.05, 0.1) is 12.2 Å². The SMILES string of the molecule is CCCNC(COC(C)(C)C)Cc1ccc(Br)cn1. The van der Waals surface area contributed by atoms with Crippen LogP contribution in [-0.2, 0) is 11.2 Å². The molecule has 108 valence electrons. The molecular weight excluding hydrogens is 304 g/mol. The van der Waals surface area contributed by atoms with Crippen molar-refractivity contribution in [2.75, 3.05) is 13.2 Å². The summed E-state index contributed by atoms with van der Waals surface area (Å²) in [5.74, 6) is 0. The maximum Gasteiger partial charge on any atom is 0.0630 e. The predicted octanol–water partition coefficient (Wildman–Crippen LogP) is 3.57. The standard InChI is InChI=1S/C15H25BrN2O/c1-5-8-17-14(11-19-15(2,3)4)9-13-7-6-12(16)10-18-13/h6-7,10,14,17H,5,8-9,11H2,1-4H3. The number of hydrogen-bond donors (Lipinski definition) is 1. The Kier molecular flexibility index (Phi) is 6.97. The van der Waals surface area contributed by atoms with Crippen LogP contribution in [-0.4, -0.2) is 29.8 Å². The van der Waals surface area contributed by atoms with Crippen LogP contribution < -0.4 is 5.32 Å². The number of hydrogen-bond acceptors (Lipinski definition) is 3. The van der Waals surface area contributed by atoms with Crippen LogP contribution in [0.4, 0.5) is 0 Å². The Morgan fingerprint density at radius 3 is 2.63 bits per heavy atom. The maximum absolute atomic E-state index is 5.88. The first-order chi connectivity index (χ1) is 8.90. The lowest BCUT2D eigenvalue weighted by Crippen LogP contribution is -2.38. The van der Waals surface area contributed by atoms with E-state index < -0.39 is 0 Å². The summed E-state index contributed by atoms with van der Waals surface area (Å²) < 4.78 is 6.90. The summed E-state index contributed by atoms with van der Waals surface area (Å²) in [5, 5.41) is 3.53. The van der Waals surface area contributed by atoms with Gasteiger partial charge in [-0.2, -0.15) is 0 Å². The lowest BCUT2D eigenvalue weighted by molar-refractivity contribution is -0.0144. The van der Waals surface area contributed by atoms with Gasteiger partial charge in [0.1, 0.15) is 0 Å². The Morgan fingerprint density at radius 1 is 1.37 bits per heavy atom. The number of nitrogens with zero attached hydrogens (tertiary/aromatic N) is 1. The highest BCUT2D eigenvalue weighted by molar-refractivity contribution is 9.10. The monoisotopic (exact) mass is 328 g/mol. The van der Waals surface area contributed by atoms with Crippen molar-refractivity contribution in [3.05, 3.63) is 28.5 Å². The molecule has 0 saturated carbocycles. The Labute approximate surface area is 125 Å². The zero-order valence-electron chi connectivity index (χ0n) is 12.4. The van der Waals surface area contributed by atoms with Gasteiger partial charge in [-0.25, -0.2) is 0 Å². The van der Waals surface area contributed by atoms with Gasteiger partial charge >= 0.3 is 0 Å². The quantitative estimate of drug-likeness (QED) is 0.830. The van der Waals surface area contributed by atoms with Crippen molar-refractivity contribution < 1.29 is 4.74 Å². The third-order valence-electron chi connectivity index (χ3n) is 2.64. The smallest absolute Gasteiger partial charge is 0.0630 e. The van der Waals surface area contributed by atoms with E-state index in [4.69, 9.17) is 4.74 Å². The van der Waals surface area contributed by atoms with E-state index in [2.05, 4.69) is 60.0 Å². The molecule has 0 saturated heterocycles. The highest BCUT2D eigenvalue weighted by atomic mass is 79.9. The van der Waals surface area contributed by atoms with E-state index in [9.17, 15) is 0 Å². The number of halogens is 1. The van der Waals surface area contributed by atoms with Gasteiger partial charge in [0.25, 0.3) is 0 Å². The number of rotatable bonds is 7. The molecule has 0 aliphatic rings. The Morgan fingerprint density at radius 2 is 2.11 bits per heavy atom. The minimum absolute atomic E-state index is 0.0979. The molecule has 0 radical (unpaired) electrons. The van der Waals surface area contributed by atoms with E-state index in [0.29, 0.717) is 12.6 Å². The summed E-state index contributed by atoms with van der Waals surface area (Å²) >= 11 is 3.41. The van der Waals surface area contributed by atoms with Crippen molar-refractivity contribution in [2.24, 2.45) is 0 Å². The third-order valence-corrected chi connectivity index (χ3v) is 3.11. The molecule has 0 amide bonds. The molecule has 0 aliphatic carbocycles. The topological polar surface area (TPSA) is 34.1 Å². The van der Waals surface area contributed by atoms with E-state index in [0.717, 1.165) is 29.6 Å². The van der Waals surface area contributed by atoms with Crippen molar-refractivity contribution in [3.63, 3.8) is 0 Å². The Bertz CT molecular complexity index is 359. The van der Waals surface area contributed by atoms with Crippen LogP contribution in [0.1, 0.15) is 39.8 Å². The molecule has 1 N–H and O–H groups in total. The molecular formula is C15H25BrN2O. The first-order valence-corrected chi connectivity index (χ1v) is 7.68. The van der Waals surface area contributed by atoms with Gasteiger partial charge in [0.2, 0.25) is 0 Å². The molecule has 1 aromatic rings. The minimum Gasteiger partial charge on any atom is -0.374 e. The van der Waals surface area contributed by atoms with Crippen LogP contribution >= 0.6 is 15.9 Å². The summed E-state index contributed by atoms with van der Waals surface area (Å²) in [5.41, 5.74) is 0.994. The van der Waals surface area contributed by atoms with Gasteiger partial charge < -0.3 is 10.1 Å². The molecule has 3 nitrogen and oxygen atoms in total. The van der Waals surface area contributed by atoms with Gasteiger partial charge in [0, 0.05) is 28.8 Å². The summed E-state index contributed by atoms with van der Waals surface area (Å²) in [6.07, 6.45) is 3.86. The van der Waals surface area contributed by atoms with Crippen molar-refractivity contribution in [1.29, 1.82) is 0 Å². The molecule has 4 heteroatoms. The zero-order valence-corrected chi connectivity index (χ0v) is 14.0. The van der Waals surface area contributed by atoms with E-state index in [1.54, 1.807) is 0 Å². The largest absolute Gasteiger partial charge is 0.374 e. The highest BCUT2D eigenvalue weighted by Crippen LogP contribution is 2.11. The zero-order chi connectivity index (χ0) is 14.3. The third kappa shape index (κ3) is 7.65. The van der Waals surface area contributed by atoms with E-state index >= 15 is 0 Å². The molecule has 1 unspecified atom stereocenters. The van der Waals surface area contributed by atoms with Crippen molar-refractivity contribution in [1.82, 2.24) is 10.3 Å². The van der Waals surface area contributed by atoms with Crippen LogP contribution in [0.25, 0.3) is 0 Å². The average Bonchev–Trinajstić information content (AvgIpc) is 2.34. The number of pyridine rings is 1. The maximum atomic E-state index is 5.88. The van der Waals surface area contributed by atoms with E-state index in [1.807, 2.05) is 12.3 Å². The Balaban J connectivity index is 2.55. The molecule has 1 rings (SSSR count). The van der Waals surface area contributed by atoms with Gasteiger partial charge in [-0.1, -0.05) is 6.92 Å². The fraction of sp³-hybridized carbons (Fsp3) is 0.667. The minimum atomic E-state index is -0.0979.